The summed E-state index contributed by atoms with van der Waals surface area (Å²) < 4.78 is 1.20. The van der Waals surface area contributed by atoms with E-state index in [0.29, 0.717) is 5.11 Å². The Kier molecular flexibility index (Phi) is 2.83. The molecule has 2 rings (SSSR count). The molecular weight excluding hydrogens is 226 g/mol. The predicted molar refractivity (Wildman–Crippen MR) is 69.6 cm³/mol. The minimum atomic E-state index is 0.612. The lowest BCUT2D eigenvalue weighted by Crippen LogP contribution is -2.23. The molecular formula is C10H11N3S2. The highest BCUT2D eigenvalue weighted by atomic mass is 32.1. The average molecular weight is 237 g/mol. The third-order valence-corrected chi connectivity index (χ3v) is 3.24. The molecule has 0 amide bonds. The second-order valence-electron chi connectivity index (χ2n) is 3.12. The van der Waals surface area contributed by atoms with E-state index in [9.17, 15) is 0 Å². The Balaban J connectivity index is 2.33. The molecule has 0 atom stereocenters. The number of anilines is 1. The summed E-state index contributed by atoms with van der Waals surface area (Å²) in [4.78, 5) is 4.42. The van der Waals surface area contributed by atoms with Crippen molar-refractivity contribution < 1.29 is 0 Å². The largest absolute Gasteiger partial charge is 0.366 e. The maximum absolute atomic E-state index is 5.03. The van der Waals surface area contributed by atoms with E-state index in [1.165, 1.54) is 4.70 Å². The van der Waals surface area contributed by atoms with Gasteiger partial charge in [0.15, 0.2) is 5.11 Å². The van der Waals surface area contributed by atoms with Crippen LogP contribution in [0.4, 0.5) is 5.69 Å². The van der Waals surface area contributed by atoms with Crippen LogP contribution in [0.5, 0.6) is 0 Å². The standard InChI is InChI=1S/C10H11N3S2/c1-6-12-8-5-7(13-10(14)11-2)3-4-9(8)15-6/h3-5H,1-2H3,(H2,11,13,14). The van der Waals surface area contributed by atoms with Gasteiger partial charge in [0.25, 0.3) is 0 Å². The van der Waals surface area contributed by atoms with Gasteiger partial charge in [-0.15, -0.1) is 11.3 Å². The Hall–Kier alpha value is -1.20. The Morgan fingerprint density at radius 2 is 2.27 bits per heavy atom. The summed E-state index contributed by atoms with van der Waals surface area (Å²) in [6.07, 6.45) is 0. The van der Waals surface area contributed by atoms with Gasteiger partial charge >= 0.3 is 0 Å². The highest BCUT2D eigenvalue weighted by Gasteiger charge is 2.02. The molecule has 15 heavy (non-hydrogen) atoms. The summed E-state index contributed by atoms with van der Waals surface area (Å²) in [5.41, 5.74) is 1.98. The van der Waals surface area contributed by atoms with E-state index in [0.717, 1.165) is 16.2 Å². The van der Waals surface area contributed by atoms with Crippen molar-refractivity contribution >= 4 is 44.6 Å². The molecule has 1 heterocycles. The fourth-order valence-electron chi connectivity index (χ4n) is 1.31. The first-order chi connectivity index (χ1) is 7.19. The van der Waals surface area contributed by atoms with Gasteiger partial charge in [0, 0.05) is 12.7 Å². The van der Waals surface area contributed by atoms with Gasteiger partial charge in [-0.2, -0.15) is 0 Å². The lowest BCUT2D eigenvalue weighted by Gasteiger charge is -2.05. The van der Waals surface area contributed by atoms with E-state index in [1.54, 1.807) is 18.4 Å². The van der Waals surface area contributed by atoms with E-state index >= 15 is 0 Å². The molecule has 0 saturated heterocycles. The third-order valence-electron chi connectivity index (χ3n) is 1.98. The molecule has 78 valence electrons. The number of thiazole rings is 1. The molecule has 0 spiro atoms. The lowest BCUT2D eigenvalue weighted by molar-refractivity contribution is 1.20. The molecule has 0 radical (unpaired) electrons. The van der Waals surface area contributed by atoms with Crippen molar-refractivity contribution in [2.24, 2.45) is 0 Å². The molecule has 0 aliphatic heterocycles. The second kappa shape index (κ2) is 4.12. The molecule has 3 nitrogen and oxygen atoms in total. The predicted octanol–water partition coefficient (Wildman–Crippen LogP) is 2.52. The average Bonchev–Trinajstić information content (AvgIpc) is 2.57. The van der Waals surface area contributed by atoms with Crippen molar-refractivity contribution in [1.29, 1.82) is 0 Å². The number of fused-ring (bicyclic) bond motifs is 1. The zero-order chi connectivity index (χ0) is 10.8. The molecule has 0 saturated carbocycles. The number of nitrogens with one attached hydrogen (secondary N) is 2. The van der Waals surface area contributed by atoms with Gasteiger partial charge in [-0.3, -0.25) is 0 Å². The van der Waals surface area contributed by atoms with Crippen molar-refractivity contribution in [3.63, 3.8) is 0 Å². The molecule has 5 heteroatoms. The maximum Gasteiger partial charge on any atom is 0.170 e. The van der Waals surface area contributed by atoms with Crippen LogP contribution in [0.3, 0.4) is 0 Å². The number of aryl methyl sites for hydroxylation is 1. The van der Waals surface area contributed by atoms with Gasteiger partial charge in [-0.1, -0.05) is 0 Å². The van der Waals surface area contributed by atoms with Gasteiger partial charge in [0.05, 0.1) is 15.2 Å². The van der Waals surface area contributed by atoms with Crippen molar-refractivity contribution in [2.45, 2.75) is 6.92 Å². The number of rotatable bonds is 1. The summed E-state index contributed by atoms with van der Waals surface area (Å²) >= 11 is 6.72. The number of nitrogens with zero attached hydrogens (tertiary/aromatic N) is 1. The Bertz CT molecular complexity index is 504. The molecule has 0 aliphatic rings. The minimum absolute atomic E-state index is 0.612. The van der Waals surface area contributed by atoms with Gasteiger partial charge in [0.2, 0.25) is 0 Å². The first-order valence-corrected chi connectivity index (χ1v) is 5.77. The van der Waals surface area contributed by atoms with Gasteiger partial charge in [-0.05, 0) is 37.3 Å². The summed E-state index contributed by atoms with van der Waals surface area (Å²) in [5.74, 6) is 0. The van der Waals surface area contributed by atoms with E-state index in [4.69, 9.17) is 12.2 Å². The van der Waals surface area contributed by atoms with Gasteiger partial charge in [-0.25, -0.2) is 4.98 Å². The van der Waals surface area contributed by atoms with E-state index < -0.39 is 0 Å². The Morgan fingerprint density at radius 3 is 3.00 bits per heavy atom. The molecule has 1 aromatic heterocycles. The van der Waals surface area contributed by atoms with Crippen LogP contribution in [-0.4, -0.2) is 17.1 Å². The topological polar surface area (TPSA) is 37.0 Å². The Labute approximate surface area is 97.5 Å². The zero-order valence-corrected chi connectivity index (χ0v) is 10.1. The van der Waals surface area contributed by atoms with Crippen molar-refractivity contribution in [1.82, 2.24) is 10.3 Å². The van der Waals surface area contributed by atoms with Crippen LogP contribution in [0.15, 0.2) is 18.2 Å². The monoisotopic (exact) mass is 237 g/mol. The van der Waals surface area contributed by atoms with Crippen LogP contribution >= 0.6 is 23.6 Å². The summed E-state index contributed by atoms with van der Waals surface area (Å²) in [5, 5.41) is 7.64. The van der Waals surface area contributed by atoms with Gasteiger partial charge in [0.1, 0.15) is 0 Å². The van der Waals surface area contributed by atoms with Crippen LogP contribution in [0.1, 0.15) is 5.01 Å². The minimum Gasteiger partial charge on any atom is -0.366 e. The molecule has 0 aliphatic carbocycles. The zero-order valence-electron chi connectivity index (χ0n) is 8.50. The fourth-order valence-corrected chi connectivity index (χ4v) is 2.24. The van der Waals surface area contributed by atoms with E-state index in [1.807, 2.05) is 19.1 Å². The van der Waals surface area contributed by atoms with Crippen LogP contribution in [0.2, 0.25) is 0 Å². The van der Waals surface area contributed by atoms with Crippen LogP contribution in [-0.2, 0) is 0 Å². The van der Waals surface area contributed by atoms with Gasteiger partial charge < -0.3 is 10.6 Å². The van der Waals surface area contributed by atoms with Crippen molar-refractivity contribution in [2.75, 3.05) is 12.4 Å². The van der Waals surface area contributed by atoms with Crippen molar-refractivity contribution in [3.05, 3.63) is 23.2 Å². The number of hydrogen-bond donors (Lipinski definition) is 2. The van der Waals surface area contributed by atoms with Crippen molar-refractivity contribution in [3.8, 4) is 0 Å². The second-order valence-corrected chi connectivity index (χ2v) is 4.76. The summed E-state index contributed by atoms with van der Waals surface area (Å²) in [7, 11) is 1.79. The smallest absolute Gasteiger partial charge is 0.170 e. The molecule has 2 aromatic rings. The molecule has 2 N–H and O–H groups in total. The molecule has 0 fully saturated rings. The molecule has 0 unspecified atom stereocenters. The highest BCUT2D eigenvalue weighted by Crippen LogP contribution is 2.24. The fraction of sp³-hybridized carbons (Fsp3) is 0.200. The number of thiocarbonyl (C=S) groups is 1. The first-order valence-electron chi connectivity index (χ1n) is 4.55. The molecule has 1 aromatic carbocycles. The maximum atomic E-state index is 5.03. The summed E-state index contributed by atoms with van der Waals surface area (Å²) in [6, 6.07) is 6.06. The number of hydrogen-bond acceptors (Lipinski definition) is 3. The Morgan fingerprint density at radius 1 is 1.47 bits per heavy atom. The lowest BCUT2D eigenvalue weighted by atomic mass is 10.3. The number of benzene rings is 1. The summed E-state index contributed by atoms with van der Waals surface area (Å²) in [6.45, 7) is 2.01. The first kappa shape index (κ1) is 10.3. The van der Waals surface area contributed by atoms with Crippen LogP contribution < -0.4 is 10.6 Å². The normalized spacial score (nSPS) is 10.3. The quantitative estimate of drug-likeness (QED) is 0.747. The van der Waals surface area contributed by atoms with Crippen LogP contribution in [0, 0.1) is 6.92 Å². The number of aromatic nitrogens is 1. The highest BCUT2D eigenvalue weighted by molar-refractivity contribution is 7.80. The van der Waals surface area contributed by atoms with E-state index in [2.05, 4.69) is 21.7 Å². The van der Waals surface area contributed by atoms with E-state index in [-0.39, 0.29) is 0 Å². The SMILES string of the molecule is CNC(=S)Nc1ccc2sc(C)nc2c1. The molecule has 0 bridgehead atoms. The van der Waals surface area contributed by atoms with Crippen LogP contribution in [0.25, 0.3) is 10.2 Å². The third kappa shape index (κ3) is 2.24.